The number of fused-ring (bicyclic) bond motifs is 1. The molecule has 87 valence electrons. The number of carbonyl (C=O) groups is 1. The fourth-order valence-corrected chi connectivity index (χ4v) is 2.29. The van der Waals surface area contributed by atoms with Crippen molar-refractivity contribution in [2.24, 2.45) is 0 Å². The van der Waals surface area contributed by atoms with E-state index in [-0.39, 0.29) is 38.5 Å². The van der Waals surface area contributed by atoms with Crippen molar-refractivity contribution in [3.05, 3.63) is 71.4 Å². The van der Waals surface area contributed by atoms with Gasteiger partial charge in [-0.05, 0) is 12.1 Å². The molecule has 1 heterocycles. The molecule has 0 N–H and O–H groups in total. The first-order valence-corrected chi connectivity index (χ1v) is 5.71. The van der Waals surface area contributed by atoms with Crippen LogP contribution in [0.2, 0.25) is 0 Å². The predicted octanol–water partition coefficient (Wildman–Crippen LogP) is 2.64. The smallest absolute Gasteiger partial charge is 0.0283 e. The maximum Gasteiger partial charge on any atom is 0.0283 e. The standard InChI is InChI=1S/C15H12NO.Y/c17-15-13(9-11-5-7-16-8-6-11)10-12-3-1-2-4-14(12)15;/h1-8H,9-10H2;/q-1;. The van der Waals surface area contributed by atoms with E-state index in [0.717, 1.165) is 35.4 Å². The van der Waals surface area contributed by atoms with Crippen molar-refractivity contribution in [3.63, 3.8) is 0 Å². The Hall–Kier alpha value is -0.986. The molecule has 2 nitrogen and oxygen atoms in total. The van der Waals surface area contributed by atoms with Gasteiger partial charge in [0.1, 0.15) is 0 Å². The summed E-state index contributed by atoms with van der Waals surface area (Å²) in [5.74, 6) is 1.19. The molecule has 1 aromatic carbocycles. The number of pyridine rings is 1. The first-order valence-electron chi connectivity index (χ1n) is 5.71. The molecule has 0 saturated carbocycles. The first kappa shape index (κ1) is 13.4. The Bertz CT molecular complexity index is 553. The second kappa shape index (κ2) is 5.77. The first-order chi connectivity index (χ1) is 8.34. The molecule has 0 bridgehead atoms. The van der Waals surface area contributed by atoms with Gasteiger partial charge in [-0.15, -0.1) is 17.2 Å². The third-order valence-corrected chi connectivity index (χ3v) is 3.15. The zero-order valence-corrected chi connectivity index (χ0v) is 12.8. The molecule has 0 amide bonds. The number of hydrogen-bond donors (Lipinski definition) is 0. The fourth-order valence-electron chi connectivity index (χ4n) is 2.29. The van der Waals surface area contributed by atoms with E-state index in [2.05, 4.69) is 4.98 Å². The van der Waals surface area contributed by atoms with Crippen LogP contribution in [0.15, 0.2) is 48.8 Å². The van der Waals surface area contributed by atoms with Crippen LogP contribution < -0.4 is 0 Å². The zero-order chi connectivity index (χ0) is 11.7. The molecular weight excluding hydrogens is 299 g/mol. The number of carbonyl (C=O) groups excluding carboxylic acids is 1. The van der Waals surface area contributed by atoms with E-state index >= 15 is 0 Å². The third kappa shape index (κ3) is 2.55. The molecule has 3 heteroatoms. The van der Waals surface area contributed by atoms with E-state index in [4.69, 9.17) is 0 Å². The van der Waals surface area contributed by atoms with Crippen LogP contribution in [-0.4, -0.2) is 10.8 Å². The Morgan fingerprint density at radius 1 is 1.11 bits per heavy atom. The average molecular weight is 311 g/mol. The van der Waals surface area contributed by atoms with E-state index in [0.29, 0.717) is 0 Å². The van der Waals surface area contributed by atoms with E-state index in [1.54, 1.807) is 12.4 Å². The Labute approximate surface area is 132 Å². The molecule has 0 fully saturated rings. The SMILES string of the molecule is O=C1c2ccccc2C[C-]1Cc1ccncc1.[Y]. The van der Waals surface area contributed by atoms with Gasteiger partial charge in [-0.2, -0.15) is 5.92 Å². The van der Waals surface area contributed by atoms with Crippen LogP contribution >= 0.6 is 0 Å². The van der Waals surface area contributed by atoms with Crippen LogP contribution in [0.5, 0.6) is 0 Å². The minimum absolute atomic E-state index is 0. The van der Waals surface area contributed by atoms with Gasteiger partial charge in [-0.1, -0.05) is 36.6 Å². The van der Waals surface area contributed by atoms with Crippen LogP contribution in [0, 0.1) is 5.92 Å². The Kier molecular flexibility index (Phi) is 4.31. The Balaban J connectivity index is 0.00000120. The monoisotopic (exact) mass is 311 g/mol. The summed E-state index contributed by atoms with van der Waals surface area (Å²) in [6.07, 6.45) is 5.05. The minimum Gasteiger partial charge on any atom is -0.331 e. The summed E-state index contributed by atoms with van der Waals surface area (Å²) in [6.45, 7) is 0. The molecule has 0 aliphatic heterocycles. The zero-order valence-electron chi connectivity index (χ0n) is 9.97. The van der Waals surface area contributed by atoms with Crippen molar-refractivity contribution >= 4 is 5.78 Å². The summed E-state index contributed by atoms with van der Waals surface area (Å²) in [5, 5.41) is 0. The number of aromatic nitrogens is 1. The number of hydrogen-bond acceptors (Lipinski definition) is 2. The van der Waals surface area contributed by atoms with Gasteiger partial charge in [0.2, 0.25) is 0 Å². The van der Waals surface area contributed by atoms with Crippen molar-refractivity contribution in [2.45, 2.75) is 12.8 Å². The van der Waals surface area contributed by atoms with Gasteiger partial charge in [0.25, 0.3) is 0 Å². The molecule has 1 radical (unpaired) electrons. The number of benzene rings is 1. The number of rotatable bonds is 2. The van der Waals surface area contributed by atoms with E-state index in [9.17, 15) is 4.79 Å². The average Bonchev–Trinajstić information content (AvgIpc) is 2.68. The molecule has 1 aliphatic rings. The molecule has 1 aromatic heterocycles. The summed E-state index contributed by atoms with van der Waals surface area (Å²) in [7, 11) is 0. The molecule has 2 aromatic rings. The summed E-state index contributed by atoms with van der Waals surface area (Å²) in [6, 6.07) is 11.8. The van der Waals surface area contributed by atoms with Crippen LogP contribution in [0.4, 0.5) is 0 Å². The molecule has 0 unspecified atom stereocenters. The quantitative estimate of drug-likeness (QED) is 0.798. The fraction of sp³-hybridized carbons (Fsp3) is 0.133. The largest absolute Gasteiger partial charge is 0.331 e. The van der Waals surface area contributed by atoms with Crippen LogP contribution in [-0.2, 0) is 45.6 Å². The molecule has 0 spiro atoms. The summed E-state index contributed by atoms with van der Waals surface area (Å²) < 4.78 is 0. The third-order valence-electron chi connectivity index (χ3n) is 3.15. The topological polar surface area (TPSA) is 30.0 Å². The molecular formula is C15H12NOY-. The van der Waals surface area contributed by atoms with E-state index in [1.807, 2.05) is 36.4 Å². The summed E-state index contributed by atoms with van der Waals surface area (Å²) in [5.41, 5.74) is 3.18. The molecule has 0 saturated heterocycles. The predicted molar refractivity (Wildman–Crippen MR) is 65.7 cm³/mol. The van der Waals surface area contributed by atoms with Crippen molar-refractivity contribution in [1.29, 1.82) is 0 Å². The second-order valence-corrected chi connectivity index (χ2v) is 4.30. The summed E-state index contributed by atoms with van der Waals surface area (Å²) >= 11 is 0. The molecule has 1 aliphatic carbocycles. The van der Waals surface area contributed by atoms with Crippen LogP contribution in [0.25, 0.3) is 0 Å². The van der Waals surface area contributed by atoms with Gasteiger partial charge in [-0.25, -0.2) is 0 Å². The van der Waals surface area contributed by atoms with Gasteiger partial charge in [0.05, 0.1) is 0 Å². The van der Waals surface area contributed by atoms with Gasteiger partial charge < -0.3 is 4.79 Å². The van der Waals surface area contributed by atoms with Gasteiger partial charge in [0, 0.05) is 50.9 Å². The van der Waals surface area contributed by atoms with E-state index in [1.165, 1.54) is 0 Å². The number of nitrogens with zero attached hydrogens (tertiary/aromatic N) is 1. The minimum atomic E-state index is 0. The van der Waals surface area contributed by atoms with Gasteiger partial charge in [0.15, 0.2) is 0 Å². The molecule has 18 heavy (non-hydrogen) atoms. The van der Waals surface area contributed by atoms with Crippen LogP contribution in [0.1, 0.15) is 21.5 Å². The maximum atomic E-state index is 12.1. The second-order valence-electron chi connectivity index (χ2n) is 4.30. The van der Waals surface area contributed by atoms with Gasteiger partial charge >= 0.3 is 0 Å². The Morgan fingerprint density at radius 2 is 1.83 bits per heavy atom. The van der Waals surface area contributed by atoms with Crippen molar-refractivity contribution in [2.75, 3.05) is 0 Å². The van der Waals surface area contributed by atoms with Gasteiger partial charge in [-0.3, -0.25) is 4.98 Å². The normalized spacial score (nSPS) is 13.1. The number of ketones is 1. The maximum absolute atomic E-state index is 12.1. The Morgan fingerprint density at radius 3 is 2.56 bits per heavy atom. The van der Waals surface area contributed by atoms with E-state index < -0.39 is 0 Å². The van der Waals surface area contributed by atoms with Crippen LogP contribution in [0.3, 0.4) is 0 Å². The number of Topliss-reactive ketones (excluding diaryl/α,β-unsaturated/α-hetero) is 1. The van der Waals surface area contributed by atoms with Crippen molar-refractivity contribution in [1.82, 2.24) is 4.98 Å². The van der Waals surface area contributed by atoms with Crippen molar-refractivity contribution in [3.8, 4) is 0 Å². The summed E-state index contributed by atoms with van der Waals surface area (Å²) in [4.78, 5) is 16.1. The molecule has 3 rings (SSSR count). The van der Waals surface area contributed by atoms with Crippen molar-refractivity contribution < 1.29 is 37.5 Å². The molecule has 0 atom stereocenters.